The Balaban J connectivity index is 1.67. The third-order valence-electron chi connectivity index (χ3n) is 6.43. The van der Waals surface area contributed by atoms with Crippen LogP contribution < -0.4 is 5.32 Å². The number of nitrogens with one attached hydrogen (secondary N) is 1. The molecule has 0 saturated carbocycles. The molecule has 1 aliphatic heterocycles. The Hall–Kier alpha value is -4.71. The van der Waals surface area contributed by atoms with E-state index in [1.165, 1.54) is 6.07 Å². The van der Waals surface area contributed by atoms with Crippen LogP contribution in [0.4, 0.5) is 10.5 Å². The van der Waals surface area contributed by atoms with Crippen LogP contribution in [-0.4, -0.2) is 46.6 Å². The van der Waals surface area contributed by atoms with Crippen molar-refractivity contribution in [2.24, 2.45) is 0 Å². The van der Waals surface area contributed by atoms with Crippen LogP contribution in [0.2, 0.25) is 0 Å². The standard InChI is InChI=1S/C30H30N4O5/c1-19-5-11-25(27(15-19)34(37)38)24-12-10-22(16-26(24)21-8-6-20(17-31)7-9-21)28(35)33-14-13-23(18-33)32-29(36)39-30(2,3)4/h5-12,15-16,23H,13-14,18H2,1-4H3,(H,32,36)/t23-/m0/s1. The van der Waals surface area contributed by atoms with E-state index in [0.29, 0.717) is 47.3 Å². The number of nitro benzene ring substituents is 1. The Bertz CT molecular complexity index is 1470. The van der Waals surface area contributed by atoms with Crippen molar-refractivity contribution in [1.82, 2.24) is 10.2 Å². The number of benzene rings is 3. The second-order valence-corrected chi connectivity index (χ2v) is 10.6. The van der Waals surface area contributed by atoms with E-state index >= 15 is 0 Å². The molecule has 0 aliphatic carbocycles. The van der Waals surface area contributed by atoms with Crippen LogP contribution in [0.25, 0.3) is 22.3 Å². The quantitative estimate of drug-likeness (QED) is 0.328. The van der Waals surface area contributed by atoms with Gasteiger partial charge in [0, 0.05) is 24.7 Å². The van der Waals surface area contributed by atoms with Gasteiger partial charge in [-0.1, -0.05) is 24.3 Å². The van der Waals surface area contributed by atoms with Gasteiger partial charge in [-0.15, -0.1) is 0 Å². The lowest BCUT2D eigenvalue weighted by Gasteiger charge is -2.22. The van der Waals surface area contributed by atoms with E-state index in [0.717, 1.165) is 11.1 Å². The minimum Gasteiger partial charge on any atom is -0.444 e. The highest BCUT2D eigenvalue weighted by Crippen LogP contribution is 2.38. The molecule has 0 radical (unpaired) electrons. The summed E-state index contributed by atoms with van der Waals surface area (Å²) in [6.45, 7) is 7.97. The molecule has 1 N–H and O–H groups in total. The molecule has 0 bridgehead atoms. The number of nitriles is 1. The fraction of sp³-hybridized carbons (Fsp3) is 0.300. The monoisotopic (exact) mass is 526 g/mol. The first-order valence-electron chi connectivity index (χ1n) is 12.6. The number of nitrogens with zero attached hydrogens (tertiary/aromatic N) is 3. The second kappa shape index (κ2) is 11.0. The molecule has 9 heteroatoms. The molecule has 2 amide bonds. The van der Waals surface area contributed by atoms with Gasteiger partial charge in [-0.25, -0.2) is 4.79 Å². The van der Waals surface area contributed by atoms with E-state index in [4.69, 9.17) is 4.74 Å². The van der Waals surface area contributed by atoms with Crippen LogP contribution in [0.15, 0.2) is 60.7 Å². The van der Waals surface area contributed by atoms with Crippen molar-refractivity contribution in [2.75, 3.05) is 13.1 Å². The number of nitro groups is 1. The highest BCUT2D eigenvalue weighted by atomic mass is 16.6. The number of carbonyl (C=O) groups excluding carboxylic acids is 2. The van der Waals surface area contributed by atoms with E-state index in [1.54, 1.807) is 81.1 Å². The fourth-order valence-corrected chi connectivity index (χ4v) is 4.62. The van der Waals surface area contributed by atoms with E-state index in [2.05, 4.69) is 11.4 Å². The Morgan fingerprint density at radius 1 is 1.05 bits per heavy atom. The highest BCUT2D eigenvalue weighted by Gasteiger charge is 2.30. The topological polar surface area (TPSA) is 126 Å². The smallest absolute Gasteiger partial charge is 0.407 e. The molecule has 4 rings (SSSR count). The van der Waals surface area contributed by atoms with Gasteiger partial charge in [0.1, 0.15) is 5.60 Å². The number of carbonyl (C=O) groups is 2. The Morgan fingerprint density at radius 2 is 1.74 bits per heavy atom. The van der Waals surface area contributed by atoms with Crippen molar-refractivity contribution in [3.8, 4) is 28.3 Å². The van der Waals surface area contributed by atoms with Gasteiger partial charge >= 0.3 is 6.09 Å². The molecule has 3 aromatic carbocycles. The zero-order valence-corrected chi connectivity index (χ0v) is 22.4. The van der Waals surface area contributed by atoms with Crippen molar-refractivity contribution >= 4 is 17.7 Å². The first-order valence-corrected chi connectivity index (χ1v) is 12.6. The SMILES string of the molecule is Cc1ccc(-c2ccc(C(=O)N3CC[C@H](NC(=O)OC(C)(C)C)C3)cc2-c2ccc(C#N)cc2)c([N+](=O)[O-])c1. The summed E-state index contributed by atoms with van der Waals surface area (Å²) in [5.41, 5.74) is 3.43. The first-order chi connectivity index (χ1) is 18.4. The summed E-state index contributed by atoms with van der Waals surface area (Å²) in [5.74, 6) is -0.205. The lowest BCUT2D eigenvalue weighted by molar-refractivity contribution is -0.384. The number of ether oxygens (including phenoxy) is 1. The van der Waals surface area contributed by atoms with Crippen LogP contribution in [0.3, 0.4) is 0 Å². The van der Waals surface area contributed by atoms with E-state index < -0.39 is 16.6 Å². The Labute approximate surface area is 227 Å². The zero-order valence-electron chi connectivity index (χ0n) is 22.4. The number of hydrogen-bond donors (Lipinski definition) is 1. The van der Waals surface area contributed by atoms with Crippen molar-refractivity contribution in [3.05, 3.63) is 87.5 Å². The van der Waals surface area contributed by atoms with Crippen molar-refractivity contribution in [3.63, 3.8) is 0 Å². The Morgan fingerprint density at radius 3 is 2.38 bits per heavy atom. The van der Waals surface area contributed by atoms with Gasteiger partial charge in [-0.3, -0.25) is 14.9 Å². The average molecular weight is 527 g/mol. The number of rotatable bonds is 5. The van der Waals surface area contributed by atoms with Crippen LogP contribution in [0.1, 0.15) is 48.7 Å². The molecule has 9 nitrogen and oxygen atoms in total. The maximum absolute atomic E-state index is 13.5. The van der Waals surface area contributed by atoms with Gasteiger partial charge < -0.3 is 15.0 Å². The molecule has 1 saturated heterocycles. The van der Waals surface area contributed by atoms with Crippen molar-refractivity contribution < 1.29 is 19.2 Å². The van der Waals surface area contributed by atoms with Gasteiger partial charge in [0.2, 0.25) is 0 Å². The summed E-state index contributed by atoms with van der Waals surface area (Å²) in [4.78, 5) is 38.8. The summed E-state index contributed by atoms with van der Waals surface area (Å²) in [5, 5.41) is 23.9. The predicted octanol–water partition coefficient (Wildman–Crippen LogP) is 5.85. The number of amides is 2. The fourth-order valence-electron chi connectivity index (χ4n) is 4.62. The minimum atomic E-state index is -0.617. The van der Waals surface area contributed by atoms with E-state index in [1.807, 2.05) is 6.07 Å². The number of likely N-dealkylation sites (tertiary alicyclic amines) is 1. The largest absolute Gasteiger partial charge is 0.444 e. The summed E-state index contributed by atoms with van der Waals surface area (Å²) in [6, 6.07) is 18.9. The van der Waals surface area contributed by atoms with Gasteiger partial charge in [0.25, 0.3) is 11.6 Å². The van der Waals surface area contributed by atoms with Gasteiger partial charge in [0.15, 0.2) is 0 Å². The lowest BCUT2D eigenvalue weighted by atomic mass is 9.91. The van der Waals surface area contributed by atoms with Crippen molar-refractivity contribution in [1.29, 1.82) is 5.26 Å². The third-order valence-corrected chi connectivity index (χ3v) is 6.43. The molecular weight excluding hydrogens is 496 g/mol. The summed E-state index contributed by atoms with van der Waals surface area (Å²) in [6.07, 6.45) is 0.0788. The summed E-state index contributed by atoms with van der Waals surface area (Å²) < 4.78 is 5.33. The Kier molecular flexibility index (Phi) is 7.68. The molecule has 0 spiro atoms. The lowest BCUT2D eigenvalue weighted by Crippen LogP contribution is -2.41. The van der Waals surface area contributed by atoms with E-state index in [-0.39, 0.29) is 17.6 Å². The van der Waals surface area contributed by atoms with E-state index in [9.17, 15) is 25.0 Å². The summed E-state index contributed by atoms with van der Waals surface area (Å²) in [7, 11) is 0. The summed E-state index contributed by atoms with van der Waals surface area (Å²) >= 11 is 0. The normalized spacial score (nSPS) is 14.9. The highest BCUT2D eigenvalue weighted by molar-refractivity contribution is 5.98. The predicted molar refractivity (Wildman–Crippen MR) is 147 cm³/mol. The number of alkyl carbamates (subject to hydrolysis) is 1. The minimum absolute atomic E-state index is 0.0282. The molecule has 3 aromatic rings. The van der Waals surface area contributed by atoms with Crippen LogP contribution in [0, 0.1) is 28.4 Å². The maximum atomic E-state index is 13.5. The number of hydrogen-bond acceptors (Lipinski definition) is 6. The maximum Gasteiger partial charge on any atom is 0.407 e. The van der Waals surface area contributed by atoms with Gasteiger partial charge in [-0.2, -0.15) is 5.26 Å². The molecule has 0 unspecified atom stereocenters. The van der Waals surface area contributed by atoms with Gasteiger partial charge in [0.05, 0.1) is 28.2 Å². The van der Waals surface area contributed by atoms with Crippen LogP contribution >= 0.6 is 0 Å². The molecule has 1 heterocycles. The molecule has 1 atom stereocenters. The van der Waals surface area contributed by atoms with Gasteiger partial charge in [-0.05, 0) is 86.7 Å². The van der Waals surface area contributed by atoms with Crippen LogP contribution in [-0.2, 0) is 4.74 Å². The molecule has 1 aliphatic rings. The average Bonchev–Trinajstić information content (AvgIpc) is 3.35. The number of aryl methyl sites for hydroxylation is 1. The molecule has 200 valence electrons. The van der Waals surface area contributed by atoms with Crippen LogP contribution in [0.5, 0.6) is 0 Å². The molecule has 1 fully saturated rings. The van der Waals surface area contributed by atoms with Crippen molar-refractivity contribution in [2.45, 2.75) is 45.8 Å². The molecule has 39 heavy (non-hydrogen) atoms. The zero-order chi connectivity index (χ0) is 28.3. The third kappa shape index (κ3) is 6.41. The first kappa shape index (κ1) is 27.3. The molecular formula is C30H30N4O5. The molecule has 0 aromatic heterocycles. The second-order valence-electron chi connectivity index (χ2n) is 10.6.